The van der Waals surface area contributed by atoms with Crippen LogP contribution in [0, 0.1) is 5.82 Å². The van der Waals surface area contributed by atoms with Crippen molar-refractivity contribution in [2.75, 3.05) is 15.8 Å². The molecule has 4 N–H and O–H groups in total. The van der Waals surface area contributed by atoms with Crippen LogP contribution in [0.1, 0.15) is 6.92 Å². The summed E-state index contributed by atoms with van der Waals surface area (Å²) in [6.07, 6.45) is 0. The van der Waals surface area contributed by atoms with Crippen molar-refractivity contribution in [1.82, 2.24) is 0 Å². The Bertz CT molecular complexity index is 787. The zero-order chi connectivity index (χ0) is 15.6. The van der Waals surface area contributed by atoms with E-state index < -0.39 is 21.7 Å². The number of amides is 1. The van der Waals surface area contributed by atoms with E-state index >= 15 is 0 Å². The third-order valence-corrected chi connectivity index (χ3v) is 5.23. The van der Waals surface area contributed by atoms with E-state index in [0.29, 0.717) is 5.69 Å². The summed E-state index contributed by atoms with van der Waals surface area (Å²) in [6.45, 7) is 1.23. The van der Waals surface area contributed by atoms with Gasteiger partial charge in [-0.05, 0) is 24.3 Å². The first-order chi connectivity index (χ1) is 9.78. The predicted molar refractivity (Wildman–Crippen MR) is 80.2 cm³/mol. The van der Waals surface area contributed by atoms with Gasteiger partial charge in [-0.15, -0.1) is 11.3 Å². The Labute approximate surface area is 124 Å². The first kappa shape index (κ1) is 15.3. The van der Waals surface area contributed by atoms with Crippen LogP contribution in [-0.4, -0.2) is 14.3 Å². The molecule has 1 heterocycles. The number of benzene rings is 1. The third kappa shape index (κ3) is 3.70. The zero-order valence-corrected chi connectivity index (χ0v) is 12.5. The highest BCUT2D eigenvalue weighted by Crippen LogP contribution is 2.26. The summed E-state index contributed by atoms with van der Waals surface area (Å²) in [4.78, 5) is 11.0. The van der Waals surface area contributed by atoms with Gasteiger partial charge in [-0.3, -0.25) is 9.52 Å². The van der Waals surface area contributed by atoms with Gasteiger partial charge in [-0.1, -0.05) is 0 Å². The Kier molecular flexibility index (Phi) is 4.14. The molecule has 2 aromatic rings. The molecular weight excluding hydrogens is 317 g/mol. The number of nitrogens with one attached hydrogen (secondary N) is 2. The molecule has 0 spiro atoms. The standard InChI is InChI=1S/C12H12FN3O3S2/c1-7(17)15-11-5-9(2-3-10(11)13)16-21(18,19)12-4-8(14)6-20-12/h2-6,16H,14H2,1H3,(H,15,17). The minimum atomic E-state index is -3.80. The average Bonchev–Trinajstić information content (AvgIpc) is 2.80. The molecule has 0 unspecified atom stereocenters. The van der Waals surface area contributed by atoms with Crippen molar-refractivity contribution < 1.29 is 17.6 Å². The number of thiophene rings is 1. The van der Waals surface area contributed by atoms with Crippen LogP contribution in [0.25, 0.3) is 0 Å². The molecule has 21 heavy (non-hydrogen) atoms. The van der Waals surface area contributed by atoms with E-state index in [1.165, 1.54) is 30.5 Å². The number of anilines is 3. The van der Waals surface area contributed by atoms with E-state index in [1.54, 1.807) is 0 Å². The van der Waals surface area contributed by atoms with Crippen molar-refractivity contribution in [3.63, 3.8) is 0 Å². The topological polar surface area (TPSA) is 101 Å². The Hall–Kier alpha value is -2.13. The number of halogens is 1. The minimum Gasteiger partial charge on any atom is -0.398 e. The number of hydrogen-bond acceptors (Lipinski definition) is 5. The van der Waals surface area contributed by atoms with E-state index in [4.69, 9.17) is 5.73 Å². The molecule has 0 bridgehead atoms. The molecule has 1 amide bonds. The smallest absolute Gasteiger partial charge is 0.271 e. The highest BCUT2D eigenvalue weighted by Gasteiger charge is 2.17. The van der Waals surface area contributed by atoms with Gasteiger partial charge in [0.2, 0.25) is 5.91 Å². The van der Waals surface area contributed by atoms with Crippen molar-refractivity contribution in [2.24, 2.45) is 0 Å². The van der Waals surface area contributed by atoms with Crippen LogP contribution in [0.2, 0.25) is 0 Å². The molecule has 0 aliphatic carbocycles. The van der Waals surface area contributed by atoms with Crippen molar-refractivity contribution in [1.29, 1.82) is 0 Å². The second-order valence-corrected chi connectivity index (χ2v) is 7.00. The van der Waals surface area contributed by atoms with Gasteiger partial charge in [-0.2, -0.15) is 0 Å². The van der Waals surface area contributed by atoms with Gasteiger partial charge in [0.05, 0.1) is 11.4 Å². The number of sulfonamides is 1. The number of nitrogen functional groups attached to an aromatic ring is 1. The number of hydrogen-bond donors (Lipinski definition) is 3. The van der Waals surface area contributed by atoms with Gasteiger partial charge in [0.1, 0.15) is 10.0 Å². The molecular formula is C12H12FN3O3S2. The molecule has 0 saturated carbocycles. The van der Waals surface area contributed by atoms with Gasteiger partial charge >= 0.3 is 0 Å². The summed E-state index contributed by atoms with van der Waals surface area (Å²) >= 11 is 0.974. The average molecular weight is 329 g/mol. The number of carbonyl (C=O) groups excluding carboxylic acids is 1. The summed E-state index contributed by atoms with van der Waals surface area (Å²) in [7, 11) is -3.80. The predicted octanol–water partition coefficient (Wildman–Crippen LogP) is 2.23. The molecule has 0 radical (unpaired) electrons. The van der Waals surface area contributed by atoms with Gasteiger partial charge in [0.25, 0.3) is 10.0 Å². The second-order valence-electron chi connectivity index (χ2n) is 4.18. The number of carbonyl (C=O) groups is 1. The van der Waals surface area contributed by atoms with Crippen LogP contribution in [-0.2, 0) is 14.8 Å². The first-order valence-corrected chi connectivity index (χ1v) is 8.08. The van der Waals surface area contributed by atoms with Crippen molar-refractivity contribution in [3.8, 4) is 0 Å². The maximum Gasteiger partial charge on any atom is 0.271 e. The molecule has 0 saturated heterocycles. The Balaban J connectivity index is 2.29. The molecule has 0 atom stereocenters. The van der Waals surface area contributed by atoms with E-state index in [1.807, 2.05) is 0 Å². The van der Waals surface area contributed by atoms with Crippen LogP contribution >= 0.6 is 11.3 Å². The summed E-state index contributed by atoms with van der Waals surface area (Å²) in [5.74, 6) is -1.12. The summed E-state index contributed by atoms with van der Waals surface area (Å²) in [6, 6.07) is 4.84. The molecule has 2 rings (SSSR count). The lowest BCUT2D eigenvalue weighted by atomic mass is 10.2. The maximum absolute atomic E-state index is 13.5. The molecule has 1 aromatic carbocycles. The van der Waals surface area contributed by atoms with E-state index in [-0.39, 0.29) is 15.6 Å². The van der Waals surface area contributed by atoms with Gasteiger partial charge in [0.15, 0.2) is 0 Å². The van der Waals surface area contributed by atoms with Crippen LogP contribution in [0.3, 0.4) is 0 Å². The maximum atomic E-state index is 13.5. The molecule has 0 aliphatic rings. The van der Waals surface area contributed by atoms with E-state index in [2.05, 4.69) is 10.0 Å². The van der Waals surface area contributed by atoms with Crippen LogP contribution in [0.4, 0.5) is 21.5 Å². The van der Waals surface area contributed by atoms with Crippen LogP contribution in [0.5, 0.6) is 0 Å². The lowest BCUT2D eigenvalue weighted by Gasteiger charge is -2.09. The number of rotatable bonds is 4. The fraction of sp³-hybridized carbons (Fsp3) is 0.0833. The quantitative estimate of drug-likeness (QED) is 0.800. The lowest BCUT2D eigenvalue weighted by Crippen LogP contribution is -2.13. The molecule has 9 heteroatoms. The third-order valence-electron chi connectivity index (χ3n) is 2.39. The zero-order valence-electron chi connectivity index (χ0n) is 10.9. The van der Waals surface area contributed by atoms with E-state index in [9.17, 15) is 17.6 Å². The van der Waals surface area contributed by atoms with Gasteiger partial charge < -0.3 is 11.1 Å². The summed E-state index contributed by atoms with van der Waals surface area (Å²) in [5, 5.41) is 3.78. The van der Waals surface area contributed by atoms with Gasteiger partial charge in [0, 0.05) is 18.0 Å². The monoisotopic (exact) mass is 329 g/mol. The first-order valence-electron chi connectivity index (χ1n) is 5.72. The Morgan fingerprint density at radius 3 is 2.62 bits per heavy atom. The summed E-state index contributed by atoms with van der Waals surface area (Å²) < 4.78 is 40.0. The fourth-order valence-corrected chi connectivity index (χ4v) is 3.68. The molecule has 6 nitrogen and oxygen atoms in total. The summed E-state index contributed by atoms with van der Waals surface area (Å²) in [5.41, 5.74) is 5.86. The van der Waals surface area contributed by atoms with Crippen molar-refractivity contribution >= 4 is 44.3 Å². The SMILES string of the molecule is CC(=O)Nc1cc(NS(=O)(=O)c2cc(N)cs2)ccc1F. The van der Waals surface area contributed by atoms with Crippen molar-refractivity contribution in [2.45, 2.75) is 11.1 Å². The number of nitrogens with two attached hydrogens (primary N) is 1. The highest BCUT2D eigenvalue weighted by atomic mass is 32.2. The molecule has 112 valence electrons. The fourth-order valence-electron chi connectivity index (χ4n) is 1.55. The molecule has 1 aromatic heterocycles. The Morgan fingerprint density at radius 1 is 1.33 bits per heavy atom. The molecule has 0 aliphatic heterocycles. The van der Waals surface area contributed by atoms with Crippen molar-refractivity contribution in [3.05, 3.63) is 35.5 Å². The molecule has 0 fully saturated rings. The highest BCUT2D eigenvalue weighted by molar-refractivity contribution is 7.94. The Morgan fingerprint density at radius 2 is 2.05 bits per heavy atom. The largest absolute Gasteiger partial charge is 0.398 e. The van der Waals surface area contributed by atoms with Crippen LogP contribution in [0.15, 0.2) is 33.9 Å². The minimum absolute atomic E-state index is 0.0467. The normalized spacial score (nSPS) is 11.1. The van der Waals surface area contributed by atoms with E-state index in [0.717, 1.165) is 17.4 Å². The second kappa shape index (κ2) is 5.70. The van der Waals surface area contributed by atoms with Crippen LogP contribution < -0.4 is 15.8 Å². The van der Waals surface area contributed by atoms with Gasteiger partial charge in [-0.25, -0.2) is 12.8 Å². The lowest BCUT2D eigenvalue weighted by molar-refractivity contribution is -0.114.